The largest absolute Gasteiger partial charge is 0.497 e. The molecule has 0 saturated heterocycles. The Bertz CT molecular complexity index is 1020. The Hall–Kier alpha value is -2.71. The first-order chi connectivity index (χ1) is 13.2. The van der Waals surface area contributed by atoms with Gasteiger partial charge in [-0.1, -0.05) is 41.6 Å². The first-order valence-electron chi connectivity index (χ1n) is 8.30. The van der Waals surface area contributed by atoms with Gasteiger partial charge < -0.3 is 4.74 Å². The van der Waals surface area contributed by atoms with Crippen molar-refractivity contribution < 1.29 is 4.74 Å². The number of aryl methyl sites for hydroxylation is 1. The molecule has 0 atom stereocenters. The van der Waals surface area contributed by atoms with Crippen LogP contribution in [0.2, 0.25) is 0 Å². The Labute approximate surface area is 165 Å². The van der Waals surface area contributed by atoms with Crippen molar-refractivity contribution in [1.82, 2.24) is 25.2 Å². The third-order valence-corrected chi connectivity index (χ3v) is 5.85. The zero-order valence-electron chi connectivity index (χ0n) is 14.9. The average Bonchev–Trinajstić information content (AvgIpc) is 3.36. The SMILES string of the molecule is COc1ccc(-n2nnnc2SCc2csc(-c3ccc(C)cc3)n2)cc1. The van der Waals surface area contributed by atoms with Gasteiger partial charge in [-0.25, -0.2) is 4.98 Å². The predicted molar refractivity (Wildman–Crippen MR) is 108 cm³/mol. The van der Waals surface area contributed by atoms with Gasteiger partial charge in [0.25, 0.3) is 0 Å². The van der Waals surface area contributed by atoms with Crippen LogP contribution in [0, 0.1) is 6.92 Å². The second-order valence-corrected chi connectivity index (χ2v) is 7.67. The quantitative estimate of drug-likeness (QED) is 0.451. The van der Waals surface area contributed by atoms with Crippen LogP contribution < -0.4 is 4.74 Å². The van der Waals surface area contributed by atoms with Gasteiger partial charge in [0, 0.05) is 16.7 Å². The van der Waals surface area contributed by atoms with Crippen LogP contribution in [0.25, 0.3) is 16.3 Å². The van der Waals surface area contributed by atoms with E-state index >= 15 is 0 Å². The van der Waals surface area contributed by atoms with E-state index in [1.807, 2.05) is 24.3 Å². The molecule has 0 aliphatic carbocycles. The van der Waals surface area contributed by atoms with Crippen molar-refractivity contribution in [2.24, 2.45) is 0 Å². The van der Waals surface area contributed by atoms with Crippen molar-refractivity contribution in [1.29, 1.82) is 0 Å². The summed E-state index contributed by atoms with van der Waals surface area (Å²) in [7, 11) is 1.64. The summed E-state index contributed by atoms with van der Waals surface area (Å²) in [5, 5.41) is 15.9. The second-order valence-electron chi connectivity index (χ2n) is 5.87. The number of hydrogen-bond donors (Lipinski definition) is 0. The Morgan fingerprint density at radius 2 is 1.85 bits per heavy atom. The molecule has 2 aromatic heterocycles. The lowest BCUT2D eigenvalue weighted by atomic mass is 10.2. The fourth-order valence-corrected chi connectivity index (χ4v) is 4.21. The molecule has 0 aliphatic rings. The Morgan fingerprint density at radius 3 is 2.59 bits per heavy atom. The molecule has 0 amide bonds. The third-order valence-electron chi connectivity index (χ3n) is 3.96. The van der Waals surface area contributed by atoms with Gasteiger partial charge >= 0.3 is 0 Å². The number of ether oxygens (including phenoxy) is 1. The Kier molecular flexibility index (Phi) is 5.17. The third kappa shape index (κ3) is 4.01. The van der Waals surface area contributed by atoms with Gasteiger partial charge in [0.15, 0.2) is 0 Å². The zero-order chi connectivity index (χ0) is 18.6. The van der Waals surface area contributed by atoms with Gasteiger partial charge in [-0.2, -0.15) is 4.68 Å². The van der Waals surface area contributed by atoms with Gasteiger partial charge in [-0.15, -0.1) is 16.4 Å². The first kappa shape index (κ1) is 17.7. The molecule has 0 unspecified atom stereocenters. The molecule has 136 valence electrons. The molecule has 8 heteroatoms. The molecule has 0 saturated carbocycles. The molecule has 2 aromatic carbocycles. The van der Waals surface area contributed by atoms with E-state index < -0.39 is 0 Å². The maximum atomic E-state index is 5.19. The van der Waals surface area contributed by atoms with E-state index in [9.17, 15) is 0 Å². The summed E-state index contributed by atoms with van der Waals surface area (Å²) >= 11 is 3.22. The van der Waals surface area contributed by atoms with E-state index in [2.05, 4.69) is 52.1 Å². The van der Waals surface area contributed by atoms with Crippen molar-refractivity contribution in [3.8, 4) is 22.0 Å². The monoisotopic (exact) mass is 395 g/mol. The molecule has 6 nitrogen and oxygen atoms in total. The molecule has 0 aliphatic heterocycles. The summed E-state index contributed by atoms with van der Waals surface area (Å²) in [6, 6.07) is 16.1. The van der Waals surface area contributed by atoms with Gasteiger partial charge in [0.1, 0.15) is 10.8 Å². The van der Waals surface area contributed by atoms with Crippen LogP contribution in [0.5, 0.6) is 5.75 Å². The summed E-state index contributed by atoms with van der Waals surface area (Å²) in [4.78, 5) is 4.74. The molecule has 0 fully saturated rings. The molecule has 0 N–H and O–H groups in total. The lowest BCUT2D eigenvalue weighted by molar-refractivity contribution is 0.414. The van der Waals surface area contributed by atoms with E-state index in [-0.39, 0.29) is 0 Å². The minimum Gasteiger partial charge on any atom is -0.497 e. The van der Waals surface area contributed by atoms with E-state index in [0.717, 1.165) is 32.9 Å². The smallest absolute Gasteiger partial charge is 0.214 e. The van der Waals surface area contributed by atoms with E-state index in [1.54, 1.807) is 34.9 Å². The Morgan fingerprint density at radius 1 is 1.07 bits per heavy atom. The summed E-state index contributed by atoms with van der Waals surface area (Å²) in [6.07, 6.45) is 0. The molecule has 0 spiro atoms. The number of thioether (sulfide) groups is 1. The first-order valence-corrected chi connectivity index (χ1v) is 10.2. The minimum atomic E-state index is 0.707. The maximum absolute atomic E-state index is 5.19. The van der Waals surface area contributed by atoms with E-state index in [1.165, 1.54) is 5.56 Å². The number of thiazole rings is 1. The summed E-state index contributed by atoms with van der Waals surface area (Å²) < 4.78 is 6.91. The number of aromatic nitrogens is 5. The Balaban J connectivity index is 1.47. The summed E-state index contributed by atoms with van der Waals surface area (Å²) in [6.45, 7) is 2.08. The average molecular weight is 396 g/mol. The van der Waals surface area contributed by atoms with Crippen LogP contribution in [0.1, 0.15) is 11.3 Å². The molecule has 0 bridgehead atoms. The van der Waals surface area contributed by atoms with Gasteiger partial charge in [-0.3, -0.25) is 0 Å². The number of nitrogens with zero attached hydrogens (tertiary/aromatic N) is 5. The van der Waals surface area contributed by atoms with Crippen molar-refractivity contribution in [3.63, 3.8) is 0 Å². The maximum Gasteiger partial charge on any atom is 0.214 e. The molecule has 27 heavy (non-hydrogen) atoms. The van der Waals surface area contributed by atoms with Crippen molar-refractivity contribution in [3.05, 3.63) is 65.2 Å². The lowest BCUT2D eigenvalue weighted by Gasteiger charge is -2.05. The molecule has 2 heterocycles. The predicted octanol–water partition coefficient (Wildman–Crippen LogP) is 4.40. The van der Waals surface area contributed by atoms with Gasteiger partial charge in [-0.05, 0) is 41.6 Å². The number of tetrazole rings is 1. The lowest BCUT2D eigenvalue weighted by Crippen LogP contribution is -1.99. The van der Waals surface area contributed by atoms with Crippen LogP contribution in [-0.4, -0.2) is 32.3 Å². The molecular weight excluding hydrogens is 378 g/mol. The molecule has 4 rings (SSSR count). The minimum absolute atomic E-state index is 0.707. The zero-order valence-corrected chi connectivity index (χ0v) is 16.5. The van der Waals surface area contributed by atoms with Crippen molar-refractivity contribution in [2.75, 3.05) is 7.11 Å². The summed E-state index contributed by atoms with van der Waals surface area (Å²) in [5.74, 6) is 1.51. The van der Waals surface area contributed by atoms with E-state index in [4.69, 9.17) is 9.72 Å². The topological polar surface area (TPSA) is 65.7 Å². The van der Waals surface area contributed by atoms with Crippen molar-refractivity contribution in [2.45, 2.75) is 17.8 Å². The molecule has 4 aromatic rings. The van der Waals surface area contributed by atoms with Crippen LogP contribution in [0.4, 0.5) is 0 Å². The van der Waals surface area contributed by atoms with Crippen molar-refractivity contribution >= 4 is 23.1 Å². The standard InChI is InChI=1S/C19H17N5OS2/c1-13-3-5-14(6-4-13)18-20-15(11-26-18)12-27-19-21-22-23-24(19)16-7-9-17(25-2)10-8-16/h3-11H,12H2,1-2H3. The normalized spacial score (nSPS) is 10.9. The summed E-state index contributed by atoms with van der Waals surface area (Å²) in [5.41, 5.74) is 4.30. The van der Waals surface area contributed by atoms with Crippen LogP contribution in [0.3, 0.4) is 0 Å². The highest BCUT2D eigenvalue weighted by atomic mass is 32.2. The fourth-order valence-electron chi connectivity index (χ4n) is 2.49. The number of benzene rings is 2. The number of rotatable bonds is 6. The van der Waals surface area contributed by atoms with Crippen LogP contribution in [-0.2, 0) is 5.75 Å². The van der Waals surface area contributed by atoms with Crippen LogP contribution >= 0.6 is 23.1 Å². The van der Waals surface area contributed by atoms with Gasteiger partial charge in [0.2, 0.25) is 5.16 Å². The van der Waals surface area contributed by atoms with E-state index in [0.29, 0.717) is 5.75 Å². The number of methoxy groups -OCH3 is 1. The molecule has 0 radical (unpaired) electrons. The molecular formula is C19H17N5OS2. The highest BCUT2D eigenvalue weighted by Crippen LogP contribution is 2.28. The van der Waals surface area contributed by atoms with Gasteiger partial charge in [0.05, 0.1) is 18.5 Å². The van der Waals surface area contributed by atoms with Crippen LogP contribution in [0.15, 0.2) is 59.1 Å². The highest BCUT2D eigenvalue weighted by Gasteiger charge is 2.11. The number of hydrogen-bond acceptors (Lipinski definition) is 7. The fraction of sp³-hybridized carbons (Fsp3) is 0.158. The second kappa shape index (κ2) is 7.89. The highest BCUT2D eigenvalue weighted by molar-refractivity contribution is 7.98.